The third-order valence-corrected chi connectivity index (χ3v) is 7.45. The van der Waals surface area contributed by atoms with Crippen LogP contribution in [-0.2, 0) is 4.74 Å². The van der Waals surface area contributed by atoms with Crippen molar-refractivity contribution in [2.45, 2.75) is 60.3 Å². The minimum Gasteiger partial charge on any atom is -0.450 e. The van der Waals surface area contributed by atoms with Gasteiger partial charge in [0.1, 0.15) is 0 Å². The van der Waals surface area contributed by atoms with Gasteiger partial charge in [-0.05, 0) is 81.4 Å². The summed E-state index contributed by atoms with van der Waals surface area (Å²) in [6, 6.07) is 12.9. The lowest BCUT2D eigenvalue weighted by atomic mass is 9.87. The second-order valence-electron chi connectivity index (χ2n) is 10.4. The molecule has 0 atom stereocenters. The van der Waals surface area contributed by atoms with Crippen LogP contribution in [0.1, 0.15) is 64.5 Å². The predicted octanol–water partition coefficient (Wildman–Crippen LogP) is 7.68. The van der Waals surface area contributed by atoms with Gasteiger partial charge in [0, 0.05) is 38.3 Å². The molecule has 6 heteroatoms. The van der Waals surface area contributed by atoms with Gasteiger partial charge in [0.05, 0.1) is 18.5 Å². The van der Waals surface area contributed by atoms with Crippen LogP contribution in [0.3, 0.4) is 0 Å². The molecule has 0 unspecified atom stereocenters. The molecule has 4 rings (SSSR count). The highest BCUT2D eigenvalue weighted by Crippen LogP contribution is 2.32. The molecule has 2 aliphatic rings. The van der Waals surface area contributed by atoms with Gasteiger partial charge in [-0.3, -0.25) is 0 Å². The molecule has 1 aromatic carbocycles. The maximum absolute atomic E-state index is 12.0. The number of aliphatic imine (C=N–C) groups is 1. The number of carbonyl (C=O) groups is 1. The van der Waals surface area contributed by atoms with E-state index in [9.17, 15) is 4.79 Å². The lowest BCUT2D eigenvalue weighted by molar-refractivity contribution is 0.105. The Balaban J connectivity index is 1.44. The van der Waals surface area contributed by atoms with E-state index in [1.165, 1.54) is 33.4 Å². The Hall–Kier alpha value is -3.67. The van der Waals surface area contributed by atoms with Gasteiger partial charge in [-0.1, -0.05) is 54.5 Å². The smallest absolute Gasteiger partial charge is 0.409 e. The van der Waals surface area contributed by atoms with Crippen LogP contribution in [-0.4, -0.2) is 54.5 Å². The molecule has 1 fully saturated rings. The number of amides is 1. The Morgan fingerprint density at radius 1 is 1.05 bits per heavy atom. The lowest BCUT2D eigenvalue weighted by Crippen LogP contribution is -2.49. The van der Waals surface area contributed by atoms with Crippen LogP contribution < -0.4 is 4.90 Å². The Morgan fingerprint density at radius 3 is 2.51 bits per heavy atom. The summed E-state index contributed by atoms with van der Waals surface area (Å²) in [7, 11) is 0. The van der Waals surface area contributed by atoms with Gasteiger partial charge >= 0.3 is 6.09 Å². The number of nitrogens with zero attached hydrogens (tertiary/aromatic N) is 4. The molecular formula is C33H42N4O2. The second kappa shape index (κ2) is 13.4. The van der Waals surface area contributed by atoms with E-state index < -0.39 is 0 Å². The van der Waals surface area contributed by atoms with Gasteiger partial charge in [0.25, 0.3) is 0 Å². The number of hydrogen-bond acceptors (Lipinski definition) is 5. The summed E-state index contributed by atoms with van der Waals surface area (Å²) in [5.41, 5.74) is 10.2. The molecule has 1 amide bonds. The van der Waals surface area contributed by atoms with Crippen LogP contribution in [0.2, 0.25) is 0 Å². The quantitative estimate of drug-likeness (QED) is 0.347. The maximum Gasteiger partial charge on any atom is 0.409 e. The van der Waals surface area contributed by atoms with Gasteiger partial charge < -0.3 is 14.5 Å². The number of allylic oxidation sites excluding steroid dienone is 6. The highest BCUT2D eigenvalue weighted by molar-refractivity contribution is 5.89. The number of piperazine rings is 1. The Labute approximate surface area is 233 Å². The molecule has 1 aliphatic heterocycles. The van der Waals surface area contributed by atoms with Crippen LogP contribution in [0.5, 0.6) is 0 Å². The van der Waals surface area contributed by atoms with Gasteiger partial charge in [-0.2, -0.15) is 0 Å². The van der Waals surface area contributed by atoms with Crippen molar-refractivity contribution in [3.8, 4) is 0 Å². The number of pyridine rings is 1. The van der Waals surface area contributed by atoms with Crippen molar-refractivity contribution in [3.05, 3.63) is 82.6 Å². The third kappa shape index (κ3) is 7.47. The van der Waals surface area contributed by atoms with Crippen molar-refractivity contribution >= 4 is 28.9 Å². The first-order valence-electron chi connectivity index (χ1n) is 14.2. The zero-order valence-corrected chi connectivity index (χ0v) is 24.2. The van der Waals surface area contributed by atoms with Crippen molar-refractivity contribution in [2.24, 2.45) is 4.99 Å². The molecular weight excluding hydrogens is 484 g/mol. The lowest BCUT2D eigenvalue weighted by Gasteiger charge is -2.35. The van der Waals surface area contributed by atoms with E-state index >= 15 is 0 Å². The Bertz CT molecular complexity index is 1280. The molecule has 2 heterocycles. The highest BCUT2D eigenvalue weighted by atomic mass is 16.6. The van der Waals surface area contributed by atoms with Crippen molar-refractivity contribution in [3.63, 3.8) is 0 Å². The van der Waals surface area contributed by atoms with Gasteiger partial charge in [0.15, 0.2) is 5.82 Å². The molecule has 6 nitrogen and oxygen atoms in total. The number of carbonyl (C=O) groups excluding carboxylic acids is 1. The van der Waals surface area contributed by atoms with Gasteiger partial charge in [-0.15, -0.1) is 0 Å². The zero-order chi connectivity index (χ0) is 27.8. The summed E-state index contributed by atoms with van der Waals surface area (Å²) in [5, 5.41) is 0. The van der Waals surface area contributed by atoms with E-state index in [4.69, 9.17) is 9.73 Å². The molecule has 2 aromatic rings. The number of rotatable bonds is 7. The van der Waals surface area contributed by atoms with Gasteiger partial charge in [-0.25, -0.2) is 14.8 Å². The van der Waals surface area contributed by atoms with Gasteiger partial charge in [0.2, 0.25) is 0 Å². The normalized spacial score (nSPS) is 16.9. The summed E-state index contributed by atoms with van der Waals surface area (Å²) in [4.78, 5) is 25.6. The number of ether oxygens (including phenoxy) is 1. The molecule has 1 saturated heterocycles. The summed E-state index contributed by atoms with van der Waals surface area (Å²) in [5.74, 6) is 0.740. The summed E-state index contributed by atoms with van der Waals surface area (Å²) >= 11 is 0. The molecule has 206 valence electrons. The van der Waals surface area contributed by atoms with E-state index in [-0.39, 0.29) is 6.09 Å². The number of benzene rings is 1. The molecule has 1 aromatic heterocycles. The third-order valence-electron chi connectivity index (χ3n) is 7.45. The fourth-order valence-corrected chi connectivity index (χ4v) is 5.38. The first kappa shape index (κ1) is 28.3. The first-order chi connectivity index (χ1) is 18.9. The molecule has 39 heavy (non-hydrogen) atoms. The SMILES string of the molecule is CCOC(=O)N1CCN(c2ccc(N=C(CC)CC3=CCCC(C)=C(c4cccc(C)c4)C(C)=C3)nc2)CC1. The van der Waals surface area contributed by atoms with Crippen molar-refractivity contribution in [1.29, 1.82) is 0 Å². The summed E-state index contributed by atoms with van der Waals surface area (Å²) < 4.78 is 5.12. The molecule has 0 radical (unpaired) electrons. The Kier molecular flexibility index (Phi) is 9.74. The largest absolute Gasteiger partial charge is 0.450 e. The average Bonchev–Trinajstić information content (AvgIpc) is 2.92. The van der Waals surface area contributed by atoms with E-state index in [2.05, 4.69) is 80.1 Å². The topological polar surface area (TPSA) is 58.0 Å². The van der Waals surface area contributed by atoms with E-state index in [1.807, 2.05) is 19.2 Å². The van der Waals surface area contributed by atoms with Crippen molar-refractivity contribution in [1.82, 2.24) is 9.88 Å². The minimum absolute atomic E-state index is 0.228. The fourth-order valence-electron chi connectivity index (χ4n) is 5.38. The predicted molar refractivity (Wildman–Crippen MR) is 162 cm³/mol. The van der Waals surface area contributed by atoms with Crippen LogP contribution in [0.15, 0.2) is 76.5 Å². The summed E-state index contributed by atoms with van der Waals surface area (Å²) in [6.45, 7) is 13.9. The first-order valence-corrected chi connectivity index (χ1v) is 14.2. The number of hydrogen-bond donors (Lipinski definition) is 0. The molecule has 0 N–H and O–H groups in total. The Morgan fingerprint density at radius 2 is 1.85 bits per heavy atom. The average molecular weight is 527 g/mol. The van der Waals surface area contributed by atoms with Crippen LogP contribution in [0.25, 0.3) is 5.57 Å². The molecule has 1 aliphatic carbocycles. The standard InChI is InChI=1S/C33H42N4O2/c1-6-29(22-27-12-9-11-25(4)32(26(5)21-27)28-13-8-10-24(3)20-28)35-31-15-14-30(23-34-31)36-16-18-37(19-17-36)33(38)39-7-2/h8,10,12-15,20-21,23H,6-7,9,11,16-19,22H2,1-5H3. The number of aromatic nitrogens is 1. The number of aryl methyl sites for hydroxylation is 1. The molecule has 0 bridgehead atoms. The van der Waals surface area contributed by atoms with Crippen molar-refractivity contribution in [2.75, 3.05) is 37.7 Å². The van der Waals surface area contributed by atoms with Crippen LogP contribution in [0.4, 0.5) is 16.3 Å². The fraction of sp³-hybridized carbons (Fsp3) is 0.424. The highest BCUT2D eigenvalue weighted by Gasteiger charge is 2.22. The molecule has 0 spiro atoms. The summed E-state index contributed by atoms with van der Waals surface area (Å²) in [6.07, 6.45) is 10.2. The number of anilines is 1. The minimum atomic E-state index is -0.228. The van der Waals surface area contributed by atoms with E-state index in [0.717, 1.165) is 56.0 Å². The van der Waals surface area contributed by atoms with Crippen LogP contribution in [0, 0.1) is 6.92 Å². The second-order valence-corrected chi connectivity index (χ2v) is 10.4. The van der Waals surface area contributed by atoms with Crippen LogP contribution >= 0.6 is 0 Å². The maximum atomic E-state index is 12.0. The van der Waals surface area contributed by atoms with E-state index in [0.29, 0.717) is 19.7 Å². The van der Waals surface area contributed by atoms with E-state index in [1.54, 1.807) is 4.90 Å². The zero-order valence-electron chi connectivity index (χ0n) is 24.2. The molecule has 0 saturated carbocycles. The van der Waals surface area contributed by atoms with Crippen molar-refractivity contribution < 1.29 is 9.53 Å². The monoisotopic (exact) mass is 526 g/mol.